The number of rotatable bonds is 6. The Morgan fingerprint density at radius 3 is 2.44 bits per heavy atom. The van der Waals surface area contributed by atoms with Crippen LogP contribution in [0.4, 0.5) is 5.69 Å². The molecule has 0 aromatic heterocycles. The largest absolute Gasteiger partial charge is 0.495 e. The average Bonchev–Trinajstić information content (AvgIpc) is 2.61. The monoisotopic (exact) mass is 398 g/mol. The van der Waals surface area contributed by atoms with Crippen molar-refractivity contribution in [2.75, 3.05) is 38.7 Å². The van der Waals surface area contributed by atoms with Crippen molar-refractivity contribution in [2.24, 2.45) is 11.8 Å². The van der Waals surface area contributed by atoms with E-state index in [1.165, 1.54) is 29.6 Å². The first-order valence-corrected chi connectivity index (χ1v) is 10.1. The van der Waals surface area contributed by atoms with Crippen LogP contribution in [0.25, 0.3) is 0 Å². The molecule has 2 fully saturated rings. The molecule has 3 rings (SSSR count). The molecule has 1 amide bonds. The zero-order chi connectivity index (χ0) is 19.6. The minimum absolute atomic E-state index is 0.0481. The fourth-order valence-corrected chi connectivity index (χ4v) is 4.82. The Kier molecular flexibility index (Phi) is 5.68. The predicted molar refractivity (Wildman–Crippen MR) is 95.1 cm³/mol. The second kappa shape index (κ2) is 7.83. The SMILES string of the molecule is COc1ccc(NC(=O)C2CCC2C(=O)O)cc1S(=O)(=O)N1CCOCC1. The number of hydrogen-bond acceptors (Lipinski definition) is 6. The number of anilines is 1. The van der Waals surface area contributed by atoms with E-state index in [0.29, 0.717) is 26.1 Å². The Morgan fingerprint density at radius 2 is 1.89 bits per heavy atom. The highest BCUT2D eigenvalue weighted by molar-refractivity contribution is 7.89. The van der Waals surface area contributed by atoms with Gasteiger partial charge >= 0.3 is 5.97 Å². The summed E-state index contributed by atoms with van der Waals surface area (Å²) in [6.07, 6.45) is 0.963. The summed E-state index contributed by atoms with van der Waals surface area (Å²) in [6.45, 7) is 1.11. The van der Waals surface area contributed by atoms with Crippen molar-refractivity contribution in [1.29, 1.82) is 0 Å². The zero-order valence-corrected chi connectivity index (χ0v) is 15.7. The number of morpholine rings is 1. The minimum Gasteiger partial charge on any atom is -0.495 e. The molecular formula is C17H22N2O7S. The highest BCUT2D eigenvalue weighted by Gasteiger charge is 2.41. The topological polar surface area (TPSA) is 122 Å². The van der Waals surface area contributed by atoms with Crippen molar-refractivity contribution in [2.45, 2.75) is 17.7 Å². The zero-order valence-electron chi connectivity index (χ0n) is 14.9. The fourth-order valence-electron chi connectivity index (χ4n) is 3.23. The standard InChI is InChI=1S/C17H22N2O7S/c1-25-14-5-2-11(18-16(20)12-3-4-13(12)17(21)22)10-15(14)27(23,24)19-6-8-26-9-7-19/h2,5,10,12-13H,3-4,6-9H2,1H3,(H,18,20)(H,21,22). The first-order chi connectivity index (χ1) is 12.8. The smallest absolute Gasteiger partial charge is 0.307 e. The number of hydrogen-bond donors (Lipinski definition) is 2. The molecule has 1 saturated carbocycles. The van der Waals surface area contributed by atoms with E-state index in [0.717, 1.165) is 0 Å². The number of amides is 1. The maximum absolute atomic E-state index is 12.9. The summed E-state index contributed by atoms with van der Waals surface area (Å²) in [5.41, 5.74) is 0.281. The normalized spacial score (nSPS) is 23.3. The summed E-state index contributed by atoms with van der Waals surface area (Å²) in [5.74, 6) is -2.55. The van der Waals surface area contributed by atoms with Crippen molar-refractivity contribution in [3.63, 3.8) is 0 Å². The average molecular weight is 398 g/mol. The van der Waals surface area contributed by atoms with Crippen LogP contribution in [0, 0.1) is 11.8 Å². The molecule has 2 N–H and O–H groups in total. The molecule has 148 valence electrons. The molecule has 9 nitrogen and oxygen atoms in total. The fraction of sp³-hybridized carbons (Fsp3) is 0.529. The van der Waals surface area contributed by atoms with Crippen LogP contribution in [-0.4, -0.2) is 63.1 Å². The molecule has 2 unspecified atom stereocenters. The molecule has 1 heterocycles. The van der Waals surface area contributed by atoms with Crippen LogP contribution in [0.3, 0.4) is 0 Å². The van der Waals surface area contributed by atoms with Gasteiger partial charge < -0.3 is 19.9 Å². The third-order valence-electron chi connectivity index (χ3n) is 4.95. The molecule has 1 saturated heterocycles. The number of methoxy groups -OCH3 is 1. The summed E-state index contributed by atoms with van der Waals surface area (Å²) < 4.78 is 37.6. The summed E-state index contributed by atoms with van der Waals surface area (Å²) in [6, 6.07) is 4.35. The summed E-state index contributed by atoms with van der Waals surface area (Å²) >= 11 is 0. The van der Waals surface area contributed by atoms with Gasteiger partial charge in [0.2, 0.25) is 15.9 Å². The van der Waals surface area contributed by atoms with E-state index < -0.39 is 33.7 Å². The van der Waals surface area contributed by atoms with E-state index in [1.54, 1.807) is 0 Å². The molecule has 1 aromatic rings. The van der Waals surface area contributed by atoms with Crippen LogP contribution in [-0.2, 0) is 24.3 Å². The summed E-state index contributed by atoms with van der Waals surface area (Å²) in [5, 5.41) is 11.7. The minimum atomic E-state index is -3.82. The van der Waals surface area contributed by atoms with Gasteiger partial charge in [0.1, 0.15) is 10.6 Å². The Labute approximate surface area is 157 Å². The van der Waals surface area contributed by atoms with Gasteiger partial charge in [0, 0.05) is 18.8 Å². The number of benzene rings is 1. The van der Waals surface area contributed by atoms with Crippen LogP contribution < -0.4 is 10.1 Å². The van der Waals surface area contributed by atoms with Gasteiger partial charge in [-0.1, -0.05) is 0 Å². The number of sulfonamides is 1. The van der Waals surface area contributed by atoms with E-state index in [9.17, 15) is 18.0 Å². The molecular weight excluding hydrogens is 376 g/mol. The lowest BCUT2D eigenvalue weighted by Gasteiger charge is -2.32. The molecule has 27 heavy (non-hydrogen) atoms. The molecule has 2 aliphatic rings. The Balaban J connectivity index is 1.83. The van der Waals surface area contributed by atoms with E-state index in [1.807, 2.05) is 0 Å². The second-order valence-electron chi connectivity index (χ2n) is 6.50. The molecule has 10 heteroatoms. The van der Waals surface area contributed by atoms with Gasteiger partial charge in [-0.2, -0.15) is 4.31 Å². The molecule has 1 aliphatic heterocycles. The Bertz CT molecular complexity index is 834. The number of carboxylic acids is 1. The van der Waals surface area contributed by atoms with Crippen LogP contribution >= 0.6 is 0 Å². The van der Waals surface area contributed by atoms with Gasteiger partial charge in [0.05, 0.1) is 32.2 Å². The first-order valence-electron chi connectivity index (χ1n) is 8.64. The Morgan fingerprint density at radius 1 is 1.22 bits per heavy atom. The van der Waals surface area contributed by atoms with Crippen LogP contribution in [0.5, 0.6) is 5.75 Å². The van der Waals surface area contributed by atoms with Crippen molar-refractivity contribution >= 4 is 27.6 Å². The van der Waals surface area contributed by atoms with E-state index >= 15 is 0 Å². The van der Waals surface area contributed by atoms with E-state index in [4.69, 9.17) is 14.6 Å². The lowest BCUT2D eigenvalue weighted by molar-refractivity contribution is -0.151. The number of carbonyl (C=O) groups excluding carboxylic acids is 1. The van der Waals surface area contributed by atoms with Crippen LogP contribution in [0.15, 0.2) is 23.1 Å². The quantitative estimate of drug-likeness (QED) is 0.725. The number of carboxylic acid groups (broad SMARTS) is 1. The number of nitrogens with zero attached hydrogens (tertiary/aromatic N) is 1. The Hall–Kier alpha value is -2.17. The van der Waals surface area contributed by atoms with Gasteiger partial charge in [-0.25, -0.2) is 8.42 Å². The maximum Gasteiger partial charge on any atom is 0.307 e. The van der Waals surface area contributed by atoms with Gasteiger partial charge in [0.15, 0.2) is 0 Å². The lowest BCUT2D eigenvalue weighted by atomic mass is 9.73. The van der Waals surface area contributed by atoms with Crippen LogP contribution in [0.1, 0.15) is 12.8 Å². The molecule has 1 aromatic carbocycles. The van der Waals surface area contributed by atoms with Crippen LogP contribution in [0.2, 0.25) is 0 Å². The van der Waals surface area contributed by atoms with Gasteiger partial charge in [0.25, 0.3) is 0 Å². The van der Waals surface area contributed by atoms with Crippen molar-refractivity contribution in [1.82, 2.24) is 4.31 Å². The van der Waals surface area contributed by atoms with Gasteiger partial charge in [-0.05, 0) is 31.0 Å². The number of aliphatic carboxylic acids is 1. The molecule has 0 spiro atoms. The molecule has 1 aliphatic carbocycles. The van der Waals surface area contributed by atoms with E-state index in [2.05, 4.69) is 5.32 Å². The molecule has 0 bridgehead atoms. The third-order valence-corrected chi connectivity index (χ3v) is 6.87. The van der Waals surface area contributed by atoms with Crippen molar-refractivity contribution < 1.29 is 32.6 Å². The van der Waals surface area contributed by atoms with Gasteiger partial charge in [-0.3, -0.25) is 9.59 Å². The number of ether oxygens (including phenoxy) is 2. The number of nitrogens with one attached hydrogen (secondary N) is 1. The van der Waals surface area contributed by atoms with E-state index in [-0.39, 0.29) is 29.4 Å². The molecule has 0 radical (unpaired) electrons. The first kappa shape index (κ1) is 19.6. The van der Waals surface area contributed by atoms with Crippen molar-refractivity contribution in [3.05, 3.63) is 18.2 Å². The summed E-state index contributed by atoms with van der Waals surface area (Å²) in [4.78, 5) is 23.4. The highest BCUT2D eigenvalue weighted by Crippen LogP contribution is 2.36. The third kappa shape index (κ3) is 3.92. The maximum atomic E-state index is 12.9. The summed E-state index contributed by atoms with van der Waals surface area (Å²) in [7, 11) is -2.44. The van der Waals surface area contributed by atoms with Gasteiger partial charge in [-0.15, -0.1) is 0 Å². The lowest BCUT2D eigenvalue weighted by Crippen LogP contribution is -2.41. The van der Waals surface area contributed by atoms with Crippen molar-refractivity contribution in [3.8, 4) is 5.75 Å². The molecule has 2 atom stereocenters. The highest BCUT2D eigenvalue weighted by atomic mass is 32.2. The second-order valence-corrected chi connectivity index (χ2v) is 8.41. The predicted octanol–water partition coefficient (Wildman–Crippen LogP) is 0.765. The number of carbonyl (C=O) groups is 2.